The number of benzene rings is 1. The fraction of sp³-hybridized carbons (Fsp3) is 0.353. The molecule has 120 valence electrons. The lowest BCUT2D eigenvalue weighted by Gasteiger charge is -2.12. The number of hydrogen-bond donors (Lipinski definition) is 0. The van der Waals surface area contributed by atoms with Gasteiger partial charge in [0, 0.05) is 37.6 Å². The van der Waals surface area contributed by atoms with Gasteiger partial charge in [-0.25, -0.2) is 0 Å². The fourth-order valence-electron chi connectivity index (χ4n) is 1.97. The summed E-state index contributed by atoms with van der Waals surface area (Å²) in [4.78, 5) is 7.51. The maximum absolute atomic E-state index is 8.62. The van der Waals surface area contributed by atoms with Crippen LogP contribution in [-0.2, 0) is 15.9 Å². The molecular weight excluding hydrogens is 294 g/mol. The largest absolute Gasteiger partial charge is 0.493 e. The molecule has 0 N–H and O–H groups in total. The van der Waals surface area contributed by atoms with Crippen molar-refractivity contribution in [3.8, 4) is 5.75 Å². The molecule has 0 aliphatic heterocycles. The topological polar surface area (TPSA) is 68.7 Å². The number of nitrogens with zero attached hydrogens (tertiary/aromatic N) is 3. The lowest BCUT2D eigenvalue weighted by atomic mass is 10.1. The van der Waals surface area contributed by atoms with E-state index in [2.05, 4.69) is 9.96 Å². The van der Waals surface area contributed by atoms with E-state index in [1.54, 1.807) is 31.4 Å². The molecule has 2 rings (SSSR count). The van der Waals surface area contributed by atoms with Crippen LogP contribution in [0.2, 0.25) is 0 Å². The quantitative estimate of drug-likeness (QED) is 0.546. The Bertz CT molecular complexity index is 636. The van der Waals surface area contributed by atoms with Gasteiger partial charge < -0.3 is 14.2 Å². The van der Waals surface area contributed by atoms with E-state index in [0.717, 1.165) is 17.0 Å². The molecule has 0 saturated heterocycles. The summed E-state index contributed by atoms with van der Waals surface area (Å²) in [6.45, 7) is 2.75. The molecule has 0 amide bonds. The summed E-state index contributed by atoms with van der Waals surface area (Å²) in [5.74, 6) is 0.732. The van der Waals surface area contributed by atoms with Crippen LogP contribution in [0.3, 0.4) is 0 Å². The van der Waals surface area contributed by atoms with Crippen LogP contribution in [0.5, 0.6) is 5.75 Å². The Morgan fingerprint density at radius 1 is 1.17 bits per heavy atom. The fourth-order valence-corrected chi connectivity index (χ4v) is 1.97. The van der Waals surface area contributed by atoms with Gasteiger partial charge in [-0.05, 0) is 30.7 Å². The van der Waals surface area contributed by atoms with Gasteiger partial charge in [0.15, 0.2) is 4.98 Å². The van der Waals surface area contributed by atoms with Crippen molar-refractivity contribution in [1.82, 2.24) is 4.98 Å². The van der Waals surface area contributed by atoms with Gasteiger partial charge in [0.2, 0.25) is 5.39 Å². The second-order valence-electron chi connectivity index (χ2n) is 4.99. The van der Waals surface area contributed by atoms with E-state index in [9.17, 15) is 0 Å². The van der Waals surface area contributed by atoms with Crippen LogP contribution in [-0.4, -0.2) is 25.5 Å². The first-order valence-electron chi connectivity index (χ1n) is 7.36. The predicted molar refractivity (Wildman–Crippen MR) is 86.0 cm³/mol. The lowest BCUT2D eigenvalue weighted by molar-refractivity contribution is -0.0667. The van der Waals surface area contributed by atoms with Gasteiger partial charge in [-0.2, -0.15) is 0 Å². The molecule has 23 heavy (non-hydrogen) atoms. The summed E-state index contributed by atoms with van der Waals surface area (Å²) >= 11 is 0. The summed E-state index contributed by atoms with van der Waals surface area (Å²) in [5.41, 5.74) is 2.46. The molecule has 1 aromatic carbocycles. The third-order valence-corrected chi connectivity index (χ3v) is 3.33. The molecule has 1 heterocycles. The van der Waals surface area contributed by atoms with Crippen LogP contribution in [0.25, 0.3) is 4.98 Å². The zero-order chi connectivity index (χ0) is 16.5. The molecule has 1 aromatic heterocycles. The molecular formula is C17H20N3O3+. The summed E-state index contributed by atoms with van der Waals surface area (Å²) < 4.78 is 16.0. The van der Waals surface area contributed by atoms with Gasteiger partial charge >= 0.3 is 5.69 Å². The monoisotopic (exact) mass is 314 g/mol. The number of rotatable bonds is 8. The first-order chi connectivity index (χ1) is 11.2. The number of diazo groups is 1. The van der Waals surface area contributed by atoms with Gasteiger partial charge in [-0.3, -0.25) is 4.98 Å². The summed E-state index contributed by atoms with van der Waals surface area (Å²) in [6, 6.07) is 10.9. The van der Waals surface area contributed by atoms with Crippen molar-refractivity contribution in [3.63, 3.8) is 0 Å². The number of hydrogen-bond acceptors (Lipinski definition) is 5. The third-order valence-electron chi connectivity index (χ3n) is 3.33. The molecule has 0 saturated carbocycles. The second kappa shape index (κ2) is 8.83. The molecule has 0 bridgehead atoms. The first kappa shape index (κ1) is 16.9. The van der Waals surface area contributed by atoms with Crippen LogP contribution in [0, 0.1) is 5.39 Å². The molecule has 1 unspecified atom stereocenters. The average molecular weight is 314 g/mol. The predicted octanol–water partition coefficient (Wildman–Crippen LogP) is 3.87. The summed E-state index contributed by atoms with van der Waals surface area (Å²) in [6.07, 6.45) is 2.47. The van der Waals surface area contributed by atoms with E-state index in [0.29, 0.717) is 18.7 Å². The van der Waals surface area contributed by atoms with Gasteiger partial charge in [-0.1, -0.05) is 6.07 Å². The van der Waals surface area contributed by atoms with Crippen molar-refractivity contribution in [2.24, 2.45) is 0 Å². The molecule has 0 radical (unpaired) electrons. The maximum atomic E-state index is 8.62. The van der Waals surface area contributed by atoms with E-state index in [-0.39, 0.29) is 12.9 Å². The van der Waals surface area contributed by atoms with Crippen molar-refractivity contribution in [2.45, 2.75) is 19.4 Å². The van der Waals surface area contributed by atoms with Crippen LogP contribution in [0.1, 0.15) is 24.3 Å². The van der Waals surface area contributed by atoms with Gasteiger partial charge in [0.25, 0.3) is 0 Å². The molecule has 1 atom stereocenters. The van der Waals surface area contributed by atoms with E-state index in [1.807, 2.05) is 25.3 Å². The Balaban J connectivity index is 1.80. The van der Waals surface area contributed by atoms with Crippen molar-refractivity contribution in [2.75, 3.05) is 20.5 Å². The minimum Gasteiger partial charge on any atom is -0.493 e. The molecule has 6 heteroatoms. The molecule has 0 aliphatic carbocycles. The highest BCUT2D eigenvalue weighted by atomic mass is 16.7. The number of methoxy groups -OCH3 is 1. The molecule has 2 aromatic rings. The zero-order valence-corrected chi connectivity index (χ0v) is 13.3. The van der Waals surface area contributed by atoms with E-state index in [1.165, 1.54) is 0 Å². The maximum Gasteiger partial charge on any atom is 0.385 e. The van der Waals surface area contributed by atoms with Gasteiger partial charge in [-0.15, -0.1) is 0 Å². The van der Waals surface area contributed by atoms with Gasteiger partial charge in [0.1, 0.15) is 12.5 Å². The second-order valence-corrected chi connectivity index (χ2v) is 4.99. The number of ether oxygens (including phenoxy) is 3. The van der Waals surface area contributed by atoms with Crippen LogP contribution < -0.4 is 4.74 Å². The normalized spacial score (nSPS) is 11.7. The number of pyridine rings is 1. The average Bonchev–Trinajstić information content (AvgIpc) is 2.61. The highest BCUT2D eigenvalue weighted by molar-refractivity contribution is 5.46. The zero-order valence-electron chi connectivity index (χ0n) is 13.3. The van der Waals surface area contributed by atoms with Crippen LogP contribution >= 0.6 is 0 Å². The Morgan fingerprint density at radius 2 is 1.96 bits per heavy atom. The Morgan fingerprint density at radius 3 is 2.57 bits per heavy atom. The Labute approximate surface area is 135 Å². The SMILES string of the molecule is COCOC(C)c1ccc(CCOc2ccc([N+]#N)cc2)nc1. The van der Waals surface area contributed by atoms with Crippen molar-refractivity contribution < 1.29 is 14.2 Å². The minimum absolute atomic E-state index is 0.0526. The molecule has 0 aliphatic rings. The summed E-state index contributed by atoms with van der Waals surface area (Å²) in [5, 5.41) is 8.62. The van der Waals surface area contributed by atoms with E-state index in [4.69, 9.17) is 19.6 Å². The third kappa shape index (κ3) is 5.33. The minimum atomic E-state index is -0.0526. The van der Waals surface area contributed by atoms with Crippen molar-refractivity contribution in [1.29, 1.82) is 5.39 Å². The van der Waals surface area contributed by atoms with E-state index < -0.39 is 0 Å². The molecule has 0 fully saturated rings. The first-order valence-corrected chi connectivity index (χ1v) is 7.36. The van der Waals surface area contributed by atoms with Crippen LogP contribution in [0.4, 0.5) is 5.69 Å². The Hall–Kier alpha value is -2.49. The van der Waals surface area contributed by atoms with Crippen molar-refractivity contribution >= 4 is 5.69 Å². The smallest absolute Gasteiger partial charge is 0.385 e. The summed E-state index contributed by atoms with van der Waals surface area (Å²) in [7, 11) is 1.60. The Kier molecular flexibility index (Phi) is 6.48. The number of aromatic nitrogens is 1. The lowest BCUT2D eigenvalue weighted by Crippen LogP contribution is -2.06. The van der Waals surface area contributed by atoms with E-state index >= 15 is 0 Å². The highest BCUT2D eigenvalue weighted by Crippen LogP contribution is 2.18. The van der Waals surface area contributed by atoms with Crippen molar-refractivity contribution in [3.05, 3.63) is 58.8 Å². The standard InChI is InChI=1S/C17H20N3O3/c1-13(23-12-21-2)14-3-4-15(19-11-14)9-10-22-17-7-5-16(20-18)6-8-17/h3-8,11,13H,9-10,12H2,1-2H3/q+1. The van der Waals surface area contributed by atoms with Gasteiger partial charge in [0.05, 0.1) is 12.7 Å². The van der Waals surface area contributed by atoms with Crippen LogP contribution in [0.15, 0.2) is 42.6 Å². The molecule has 6 nitrogen and oxygen atoms in total. The molecule has 0 spiro atoms. The highest BCUT2D eigenvalue weighted by Gasteiger charge is 2.07.